The summed E-state index contributed by atoms with van der Waals surface area (Å²) in [6.07, 6.45) is -5.09. The number of amides is 1. The minimum absolute atomic E-state index is 0.00860. The summed E-state index contributed by atoms with van der Waals surface area (Å²) in [5, 5.41) is 9.33. The molecule has 0 N–H and O–H groups in total. The van der Waals surface area contributed by atoms with E-state index in [-0.39, 0.29) is 31.2 Å². The number of ether oxygens (including phenoxy) is 3. The summed E-state index contributed by atoms with van der Waals surface area (Å²) < 4.78 is 58.2. The molecule has 0 spiro atoms. The Bertz CT molecular complexity index is 1530. The molecule has 0 saturated heterocycles. The average molecular weight is 566 g/mol. The lowest BCUT2D eigenvalue weighted by atomic mass is 9.97. The van der Waals surface area contributed by atoms with Crippen molar-refractivity contribution in [1.29, 1.82) is 5.26 Å². The van der Waals surface area contributed by atoms with E-state index >= 15 is 0 Å². The van der Waals surface area contributed by atoms with Crippen LogP contribution in [-0.4, -0.2) is 44.9 Å². The van der Waals surface area contributed by atoms with Gasteiger partial charge in [-0.05, 0) is 37.3 Å². The predicted molar refractivity (Wildman–Crippen MR) is 143 cm³/mol. The van der Waals surface area contributed by atoms with E-state index < -0.39 is 24.1 Å². The molecule has 2 atom stereocenters. The van der Waals surface area contributed by atoms with E-state index in [1.54, 1.807) is 42.5 Å². The van der Waals surface area contributed by atoms with E-state index in [4.69, 9.17) is 14.2 Å². The molecule has 0 aliphatic carbocycles. The van der Waals surface area contributed by atoms with Crippen molar-refractivity contribution in [1.82, 2.24) is 0 Å². The lowest BCUT2D eigenvalue weighted by Crippen LogP contribution is -2.44. The second-order valence-corrected chi connectivity index (χ2v) is 9.61. The van der Waals surface area contributed by atoms with Gasteiger partial charge in [0, 0.05) is 41.0 Å². The van der Waals surface area contributed by atoms with E-state index in [1.165, 1.54) is 19.2 Å². The lowest BCUT2D eigenvalue weighted by molar-refractivity contribution is -0.171. The third-order valence-corrected chi connectivity index (χ3v) is 7.23. The molecule has 3 aromatic carbocycles. The summed E-state index contributed by atoms with van der Waals surface area (Å²) in [7, 11) is 1.28. The molecule has 11 heteroatoms. The van der Waals surface area contributed by atoms with Crippen molar-refractivity contribution in [3.8, 4) is 17.6 Å². The van der Waals surface area contributed by atoms with Crippen LogP contribution < -0.4 is 19.3 Å². The summed E-state index contributed by atoms with van der Waals surface area (Å²) in [5.41, 5.74) is 2.84. The largest absolute Gasteiger partial charge is 0.493 e. The highest BCUT2D eigenvalue weighted by Gasteiger charge is 2.48. The molecule has 8 nitrogen and oxygen atoms in total. The number of methoxy groups -OCH3 is 1. The number of hydrogen-bond donors (Lipinski definition) is 0. The number of hydrogen-bond acceptors (Lipinski definition) is 7. The van der Waals surface area contributed by atoms with Gasteiger partial charge in [-0.15, -0.1) is 0 Å². The van der Waals surface area contributed by atoms with Gasteiger partial charge in [0.25, 0.3) is 0 Å². The molecular formula is C30H26F3N3O5. The molecule has 3 aromatic rings. The van der Waals surface area contributed by atoms with Gasteiger partial charge in [-0.3, -0.25) is 14.5 Å². The van der Waals surface area contributed by atoms with Crippen LogP contribution in [0.3, 0.4) is 0 Å². The third-order valence-electron chi connectivity index (χ3n) is 7.23. The maximum absolute atomic E-state index is 13.9. The van der Waals surface area contributed by atoms with E-state index in [1.807, 2.05) is 17.9 Å². The summed E-state index contributed by atoms with van der Waals surface area (Å²) in [5.74, 6) is -2.12. The number of alkyl halides is 3. The molecular weight excluding hydrogens is 539 g/mol. The molecule has 5 rings (SSSR count). The highest BCUT2D eigenvalue weighted by Crippen LogP contribution is 2.48. The Kier molecular flexibility index (Phi) is 7.49. The first kappa shape index (κ1) is 27.8. The fourth-order valence-electron chi connectivity index (χ4n) is 5.32. The van der Waals surface area contributed by atoms with Gasteiger partial charge < -0.3 is 19.1 Å². The number of carbonyl (C=O) groups excluding carboxylic acids is 2. The quantitative estimate of drug-likeness (QED) is 0.335. The van der Waals surface area contributed by atoms with Crippen molar-refractivity contribution in [3.63, 3.8) is 0 Å². The summed E-state index contributed by atoms with van der Waals surface area (Å²) in [6, 6.07) is 17.5. The number of benzene rings is 3. The van der Waals surface area contributed by atoms with Crippen molar-refractivity contribution < 1.29 is 37.0 Å². The molecule has 41 heavy (non-hydrogen) atoms. The first-order chi connectivity index (χ1) is 19.7. The zero-order valence-corrected chi connectivity index (χ0v) is 22.3. The summed E-state index contributed by atoms with van der Waals surface area (Å²) >= 11 is 0. The van der Waals surface area contributed by atoms with Gasteiger partial charge in [-0.2, -0.15) is 18.4 Å². The van der Waals surface area contributed by atoms with E-state index in [0.717, 1.165) is 0 Å². The summed E-state index contributed by atoms with van der Waals surface area (Å²) in [6.45, 7) is 2.36. The van der Waals surface area contributed by atoms with Gasteiger partial charge in [0.1, 0.15) is 18.1 Å². The monoisotopic (exact) mass is 565 g/mol. The number of nitrogens with zero attached hydrogens (tertiary/aromatic N) is 3. The Morgan fingerprint density at radius 3 is 2.51 bits per heavy atom. The molecule has 2 heterocycles. The molecule has 0 aromatic heterocycles. The SMILES string of the molecule is CCN(c1cccc(C#N)c1)c1cccc2c1OC[C@H]2N(C(=O)C(F)(F)F)c1ccc2c(c1)OC[C@H]2CC(=O)OC. The van der Waals surface area contributed by atoms with Gasteiger partial charge in [0.05, 0.1) is 43.5 Å². The van der Waals surface area contributed by atoms with Crippen LogP contribution in [0.15, 0.2) is 60.7 Å². The number of carbonyl (C=O) groups is 2. The Hall–Kier alpha value is -4.72. The van der Waals surface area contributed by atoms with Crippen molar-refractivity contribution in [2.24, 2.45) is 0 Å². The van der Waals surface area contributed by atoms with Crippen molar-refractivity contribution >= 4 is 28.9 Å². The van der Waals surface area contributed by atoms with Gasteiger partial charge in [-0.1, -0.05) is 24.3 Å². The highest BCUT2D eigenvalue weighted by molar-refractivity contribution is 5.98. The van der Waals surface area contributed by atoms with Gasteiger partial charge >= 0.3 is 18.1 Å². The second kappa shape index (κ2) is 11.0. The first-order valence-corrected chi connectivity index (χ1v) is 12.9. The smallest absolute Gasteiger partial charge is 0.471 e. The van der Waals surface area contributed by atoms with Crippen LogP contribution >= 0.6 is 0 Å². The van der Waals surface area contributed by atoms with Crippen molar-refractivity contribution in [2.75, 3.05) is 36.7 Å². The van der Waals surface area contributed by atoms with Crippen LogP contribution in [0.1, 0.15) is 42.0 Å². The van der Waals surface area contributed by atoms with Gasteiger partial charge in [0.2, 0.25) is 0 Å². The molecule has 0 bridgehead atoms. The van der Waals surface area contributed by atoms with Crippen molar-refractivity contribution in [2.45, 2.75) is 31.5 Å². The number of anilines is 3. The normalized spacial score (nSPS) is 17.0. The fourth-order valence-corrected chi connectivity index (χ4v) is 5.32. The minimum atomic E-state index is -5.15. The Morgan fingerprint density at radius 1 is 1.02 bits per heavy atom. The Balaban J connectivity index is 1.54. The maximum Gasteiger partial charge on any atom is 0.471 e. The third kappa shape index (κ3) is 5.25. The predicted octanol–water partition coefficient (Wildman–Crippen LogP) is 5.78. The average Bonchev–Trinajstić information content (AvgIpc) is 3.58. The van der Waals surface area contributed by atoms with Crippen LogP contribution in [-0.2, 0) is 14.3 Å². The van der Waals surface area contributed by atoms with Crippen LogP contribution in [0.5, 0.6) is 11.5 Å². The number of fused-ring (bicyclic) bond motifs is 2. The van der Waals surface area contributed by atoms with Gasteiger partial charge in [-0.25, -0.2) is 0 Å². The highest BCUT2D eigenvalue weighted by atomic mass is 19.4. The maximum atomic E-state index is 13.9. The van der Waals surface area contributed by atoms with E-state index in [2.05, 4.69) is 6.07 Å². The molecule has 0 fully saturated rings. The summed E-state index contributed by atoms with van der Waals surface area (Å²) in [4.78, 5) is 27.2. The lowest BCUT2D eigenvalue weighted by Gasteiger charge is -2.30. The topological polar surface area (TPSA) is 92.1 Å². The number of halogens is 3. The van der Waals surface area contributed by atoms with Crippen LogP contribution in [0.4, 0.5) is 30.2 Å². The number of nitriles is 1. The number of para-hydroxylation sites is 1. The zero-order valence-electron chi connectivity index (χ0n) is 22.3. The molecule has 212 valence electrons. The zero-order chi connectivity index (χ0) is 29.3. The van der Waals surface area contributed by atoms with Crippen molar-refractivity contribution in [3.05, 3.63) is 77.4 Å². The Morgan fingerprint density at radius 2 is 1.80 bits per heavy atom. The Labute approximate surface area is 234 Å². The number of rotatable bonds is 7. The molecule has 0 radical (unpaired) electrons. The number of esters is 1. The molecule has 1 amide bonds. The van der Waals surface area contributed by atoms with Crippen LogP contribution in [0.25, 0.3) is 0 Å². The second-order valence-electron chi connectivity index (χ2n) is 9.61. The fraction of sp³-hybridized carbons (Fsp3) is 0.300. The minimum Gasteiger partial charge on any atom is -0.493 e. The van der Waals surface area contributed by atoms with Crippen LogP contribution in [0.2, 0.25) is 0 Å². The van der Waals surface area contributed by atoms with Crippen LogP contribution in [0, 0.1) is 11.3 Å². The molecule has 2 aliphatic heterocycles. The molecule has 2 aliphatic rings. The van der Waals surface area contributed by atoms with E-state index in [0.29, 0.717) is 51.0 Å². The molecule has 0 saturated carbocycles. The van der Waals surface area contributed by atoms with Gasteiger partial charge in [0.15, 0.2) is 0 Å². The first-order valence-electron chi connectivity index (χ1n) is 12.9. The molecule has 0 unspecified atom stereocenters. The standard InChI is InChI=1S/C30H26F3N3O5/c1-3-35(20-7-4-6-18(12-20)15-34)24-9-5-8-23-25(17-41-28(23)24)36(29(38)30(31,32)33)21-10-11-22-19(13-27(37)39-2)16-40-26(22)14-21/h4-12,14,19,25H,3,13,16-17H2,1-2H3/t19-,25-/m1/s1. The van der Waals surface area contributed by atoms with E-state index in [9.17, 15) is 28.0 Å².